The highest BCUT2D eigenvalue weighted by Gasteiger charge is 2.36. The number of alkyl halides is 3. The molecule has 2 heterocycles. The highest BCUT2D eigenvalue weighted by molar-refractivity contribution is 7.91. The predicted molar refractivity (Wildman–Crippen MR) is 159 cm³/mol. The van der Waals surface area contributed by atoms with Crippen molar-refractivity contribution in [2.45, 2.75) is 55.4 Å². The number of rotatable bonds is 13. The first-order valence-corrected chi connectivity index (χ1v) is 16.4. The fourth-order valence-corrected chi connectivity index (χ4v) is 5.95. The molecule has 0 unspecified atom stereocenters. The molecule has 2 aliphatic rings. The average molecular weight is 649 g/mol. The largest absolute Gasteiger partial charge is 0.489 e. The van der Waals surface area contributed by atoms with E-state index in [9.17, 15) is 31.5 Å². The molecule has 3 atom stereocenters. The number of halogens is 3. The van der Waals surface area contributed by atoms with Crippen LogP contribution in [0.2, 0.25) is 0 Å². The Morgan fingerprint density at radius 3 is 2.31 bits per heavy atom. The molecular weight excluding hydrogens is 613 g/mol. The van der Waals surface area contributed by atoms with Gasteiger partial charge < -0.3 is 24.8 Å². The molecule has 0 spiro atoms. The molecule has 14 heteroatoms. The van der Waals surface area contributed by atoms with Gasteiger partial charge in [-0.2, -0.15) is 13.2 Å². The minimum Gasteiger partial charge on any atom is -0.489 e. The smallest absolute Gasteiger partial charge is 0.416 e. The minimum atomic E-state index is -4.43. The number of hydrogen-bond acceptors (Lipinski definition) is 9. The Hall–Kier alpha value is -3.75. The molecule has 0 radical (unpaired) electrons. The van der Waals surface area contributed by atoms with E-state index >= 15 is 0 Å². The Morgan fingerprint density at radius 1 is 1.07 bits per heavy atom. The van der Waals surface area contributed by atoms with Crippen LogP contribution >= 0.6 is 0 Å². The molecule has 242 valence electrons. The van der Waals surface area contributed by atoms with Gasteiger partial charge in [-0.3, -0.25) is 4.79 Å². The summed E-state index contributed by atoms with van der Waals surface area (Å²) in [7, 11) is -3.38. The summed E-state index contributed by atoms with van der Waals surface area (Å²) in [6, 6.07) is 9.61. The minimum absolute atomic E-state index is 0.0407. The van der Waals surface area contributed by atoms with Crippen LogP contribution in [-0.4, -0.2) is 73.7 Å². The summed E-state index contributed by atoms with van der Waals surface area (Å²) in [4.78, 5) is 23.9. The number of amides is 1. The van der Waals surface area contributed by atoms with E-state index in [1.807, 2.05) is 4.90 Å². The van der Waals surface area contributed by atoms with Gasteiger partial charge in [-0.25, -0.2) is 18.4 Å². The summed E-state index contributed by atoms with van der Waals surface area (Å²) in [5.41, 5.74) is -0.0679. The second-order valence-corrected chi connectivity index (χ2v) is 13.5. The van der Waals surface area contributed by atoms with Crippen molar-refractivity contribution in [3.05, 3.63) is 77.6 Å². The summed E-state index contributed by atoms with van der Waals surface area (Å²) in [6.07, 6.45) is 0.773. The summed E-state index contributed by atoms with van der Waals surface area (Å²) in [6.45, 7) is 2.54. The zero-order chi connectivity index (χ0) is 32.2. The van der Waals surface area contributed by atoms with Gasteiger partial charge in [0.15, 0.2) is 9.84 Å². The zero-order valence-electron chi connectivity index (χ0n) is 24.6. The Kier molecular flexibility index (Phi) is 9.94. The van der Waals surface area contributed by atoms with Crippen LogP contribution in [0.25, 0.3) is 0 Å². The van der Waals surface area contributed by atoms with E-state index in [1.165, 1.54) is 36.7 Å². The molecule has 2 fully saturated rings. The van der Waals surface area contributed by atoms with E-state index in [1.54, 1.807) is 19.1 Å². The van der Waals surface area contributed by atoms with Gasteiger partial charge in [0.2, 0.25) is 5.95 Å². The molecular formula is C31H35F3N4O6S. The molecule has 0 bridgehead atoms. The van der Waals surface area contributed by atoms with Gasteiger partial charge in [0.1, 0.15) is 11.9 Å². The van der Waals surface area contributed by atoms with E-state index in [2.05, 4.69) is 15.3 Å². The lowest BCUT2D eigenvalue weighted by molar-refractivity contribution is -0.137. The van der Waals surface area contributed by atoms with Crippen molar-refractivity contribution < 1.29 is 41.0 Å². The fourth-order valence-electron chi connectivity index (χ4n) is 5.07. The van der Waals surface area contributed by atoms with Crippen molar-refractivity contribution in [2.24, 2.45) is 5.92 Å². The highest BCUT2D eigenvalue weighted by atomic mass is 32.2. The molecule has 2 N–H and O–H groups in total. The van der Waals surface area contributed by atoms with Crippen LogP contribution in [0.15, 0.2) is 65.8 Å². The molecule has 1 saturated carbocycles. The van der Waals surface area contributed by atoms with E-state index < -0.39 is 40.1 Å². The number of carbonyl (C=O) groups excluding carboxylic acids is 1. The zero-order valence-corrected chi connectivity index (χ0v) is 25.4. The van der Waals surface area contributed by atoms with Crippen molar-refractivity contribution in [3.8, 4) is 5.75 Å². The number of aliphatic hydroxyl groups is 1. The van der Waals surface area contributed by atoms with Crippen LogP contribution in [0.1, 0.15) is 53.7 Å². The Labute approximate surface area is 259 Å². The van der Waals surface area contributed by atoms with E-state index in [0.29, 0.717) is 49.4 Å². The van der Waals surface area contributed by atoms with Crippen LogP contribution in [-0.2, 0) is 20.8 Å². The number of aliphatic hydroxyl groups excluding tert-OH is 1. The van der Waals surface area contributed by atoms with Crippen LogP contribution in [0.5, 0.6) is 5.75 Å². The third kappa shape index (κ3) is 8.30. The maximum absolute atomic E-state index is 13.0. The summed E-state index contributed by atoms with van der Waals surface area (Å²) in [5.74, 6) is 0.663. The van der Waals surface area contributed by atoms with Crippen LogP contribution in [0.4, 0.5) is 19.1 Å². The number of nitrogens with one attached hydrogen (secondary N) is 1. The third-order valence-corrected chi connectivity index (χ3v) is 9.64. The van der Waals surface area contributed by atoms with Gasteiger partial charge in [-0.1, -0.05) is 19.1 Å². The monoisotopic (exact) mass is 648 g/mol. The molecule has 45 heavy (non-hydrogen) atoms. The van der Waals surface area contributed by atoms with Gasteiger partial charge in [0.05, 0.1) is 53.6 Å². The second kappa shape index (κ2) is 13.7. The van der Waals surface area contributed by atoms with Gasteiger partial charge in [0.25, 0.3) is 5.91 Å². The first kappa shape index (κ1) is 32.6. The standard InChI is InChI=1S/C31H35F3N4O6S/c1-2-45(41,42)27-11-5-21(6-12-27)28(17-39)37-29(40)22-14-35-30(36-15-22)38-16-26(13-24(38)19-43-18-20-3-4-20)44-25-9-7-23(8-10-25)31(32,33)34/h5-12,14-15,20,24,26,28,39H,2-4,13,16-19H2,1H3,(H,37,40)/t24-,26+,28-/m0/s1. The third-order valence-electron chi connectivity index (χ3n) is 7.89. The van der Waals surface area contributed by atoms with Gasteiger partial charge in [-0.15, -0.1) is 0 Å². The van der Waals surface area contributed by atoms with E-state index in [-0.39, 0.29) is 28.4 Å². The van der Waals surface area contributed by atoms with Crippen molar-refractivity contribution in [3.63, 3.8) is 0 Å². The molecule has 1 aliphatic carbocycles. The van der Waals surface area contributed by atoms with E-state index in [4.69, 9.17) is 9.47 Å². The molecule has 1 aliphatic heterocycles. The molecule has 3 aromatic rings. The number of carbonyl (C=O) groups is 1. The van der Waals surface area contributed by atoms with Crippen molar-refractivity contribution in [1.29, 1.82) is 0 Å². The van der Waals surface area contributed by atoms with Crippen molar-refractivity contribution in [1.82, 2.24) is 15.3 Å². The number of sulfone groups is 1. The Bertz CT molecular complexity index is 1550. The number of hydrogen-bond donors (Lipinski definition) is 2. The lowest BCUT2D eigenvalue weighted by atomic mass is 10.1. The first-order chi connectivity index (χ1) is 21.5. The van der Waals surface area contributed by atoms with Gasteiger partial charge in [0, 0.05) is 25.4 Å². The Balaban J connectivity index is 1.24. The lowest BCUT2D eigenvalue weighted by Crippen LogP contribution is -2.35. The van der Waals surface area contributed by atoms with Crippen molar-refractivity contribution in [2.75, 3.05) is 37.0 Å². The number of ether oxygens (including phenoxy) is 2. The van der Waals surface area contributed by atoms with Gasteiger partial charge >= 0.3 is 6.18 Å². The molecule has 2 aromatic carbocycles. The summed E-state index contributed by atoms with van der Waals surface area (Å²) >= 11 is 0. The topological polar surface area (TPSA) is 131 Å². The number of anilines is 1. The first-order valence-electron chi connectivity index (χ1n) is 14.7. The Morgan fingerprint density at radius 2 is 1.73 bits per heavy atom. The normalized spacial score (nSPS) is 19.4. The van der Waals surface area contributed by atoms with Crippen molar-refractivity contribution >= 4 is 21.7 Å². The average Bonchev–Trinajstić information content (AvgIpc) is 3.78. The fraction of sp³-hybridized carbons (Fsp3) is 0.452. The molecule has 1 aromatic heterocycles. The molecule has 10 nitrogen and oxygen atoms in total. The molecule has 1 saturated heterocycles. The number of nitrogens with zero attached hydrogens (tertiary/aromatic N) is 3. The highest BCUT2D eigenvalue weighted by Crippen LogP contribution is 2.33. The molecule has 1 amide bonds. The quantitative estimate of drug-likeness (QED) is 0.280. The maximum Gasteiger partial charge on any atom is 0.416 e. The SMILES string of the molecule is CCS(=O)(=O)c1ccc([C@H](CO)NC(=O)c2cnc(N3C[C@H](Oc4ccc(C(F)(F)F)cc4)C[C@H]3COCC3CC3)nc2)cc1. The number of benzene rings is 2. The van der Waals surface area contributed by atoms with Crippen LogP contribution < -0.4 is 15.0 Å². The van der Waals surface area contributed by atoms with Gasteiger partial charge in [-0.05, 0) is 60.7 Å². The summed E-state index contributed by atoms with van der Waals surface area (Å²) < 4.78 is 75.0. The maximum atomic E-state index is 13.0. The molecule has 5 rings (SSSR count). The van der Waals surface area contributed by atoms with Crippen LogP contribution in [0, 0.1) is 5.92 Å². The number of aromatic nitrogens is 2. The lowest BCUT2D eigenvalue weighted by Gasteiger charge is -2.24. The second-order valence-electron chi connectivity index (χ2n) is 11.2. The van der Waals surface area contributed by atoms with Crippen LogP contribution in [0.3, 0.4) is 0 Å². The van der Waals surface area contributed by atoms with E-state index in [0.717, 1.165) is 25.0 Å². The summed E-state index contributed by atoms with van der Waals surface area (Å²) in [5, 5.41) is 12.6. The predicted octanol–water partition coefficient (Wildman–Crippen LogP) is 4.21.